The number of aliphatic hydroxyl groups excluding tert-OH is 2. The normalized spacial score (nSPS) is 29.9. The Morgan fingerprint density at radius 2 is 2.28 bits per heavy atom. The van der Waals surface area contributed by atoms with Gasteiger partial charge in [0.25, 0.3) is 5.56 Å². The van der Waals surface area contributed by atoms with Gasteiger partial charge >= 0.3 is 5.69 Å². The van der Waals surface area contributed by atoms with Gasteiger partial charge in [-0.15, -0.1) is 0 Å². The zero-order valence-electron chi connectivity index (χ0n) is 9.12. The van der Waals surface area contributed by atoms with E-state index >= 15 is 0 Å². The third-order valence-corrected chi connectivity index (χ3v) is 2.94. The van der Waals surface area contributed by atoms with E-state index in [9.17, 15) is 14.7 Å². The average molecular weight is 275 g/mol. The molecule has 0 spiro atoms. The first-order valence-electron chi connectivity index (χ1n) is 5.14. The predicted molar refractivity (Wildman–Crippen MR) is 62.3 cm³/mol. The highest BCUT2D eigenvalue weighted by molar-refractivity contribution is 6.25. The van der Waals surface area contributed by atoms with E-state index in [4.69, 9.17) is 21.4 Å². The van der Waals surface area contributed by atoms with Crippen LogP contribution in [0.4, 0.5) is 0 Å². The molecule has 98 valence electrons. The molecule has 2 heterocycles. The van der Waals surface area contributed by atoms with Gasteiger partial charge in [-0.05, 0) is 0 Å². The number of hydrogen-bond donors (Lipinski definition) is 3. The third kappa shape index (κ3) is 2.13. The smallest absolute Gasteiger partial charge is 0.330 e. The van der Waals surface area contributed by atoms with E-state index in [-0.39, 0.29) is 5.57 Å². The fourth-order valence-electron chi connectivity index (χ4n) is 1.78. The van der Waals surface area contributed by atoms with Crippen LogP contribution < -0.4 is 11.2 Å². The molecule has 0 unspecified atom stereocenters. The van der Waals surface area contributed by atoms with E-state index < -0.39 is 36.3 Å². The molecule has 1 fully saturated rings. The molecule has 1 aromatic rings. The Hall–Kier alpha value is -1.41. The first kappa shape index (κ1) is 13.0. The Bertz CT molecular complexity index is 578. The van der Waals surface area contributed by atoms with Crippen LogP contribution in [0.25, 0.3) is 0 Å². The molecule has 18 heavy (non-hydrogen) atoms. The number of hydrogen-bond acceptors (Lipinski definition) is 5. The summed E-state index contributed by atoms with van der Waals surface area (Å²) in [4.78, 5) is 24.6. The zero-order chi connectivity index (χ0) is 13.3. The molecule has 0 amide bonds. The van der Waals surface area contributed by atoms with E-state index in [2.05, 4.69) is 4.98 Å². The maximum Gasteiger partial charge on any atom is 0.330 e. The van der Waals surface area contributed by atoms with Crippen molar-refractivity contribution in [2.45, 2.75) is 18.4 Å². The summed E-state index contributed by atoms with van der Waals surface area (Å²) in [7, 11) is 0. The highest BCUT2D eigenvalue weighted by Gasteiger charge is 2.39. The topological polar surface area (TPSA) is 105 Å². The van der Waals surface area contributed by atoms with Crippen molar-refractivity contribution in [3.8, 4) is 0 Å². The summed E-state index contributed by atoms with van der Waals surface area (Å²) >= 11 is 5.58. The summed E-state index contributed by atoms with van der Waals surface area (Å²) in [5, 5.41) is 18.8. The number of aromatic nitrogens is 2. The van der Waals surface area contributed by atoms with Gasteiger partial charge in [-0.1, -0.05) is 11.6 Å². The molecule has 0 aromatic carbocycles. The Morgan fingerprint density at radius 3 is 2.83 bits per heavy atom. The minimum atomic E-state index is -1.10. The molecule has 1 saturated heterocycles. The average Bonchev–Trinajstić information content (AvgIpc) is 2.65. The van der Waals surface area contributed by atoms with Crippen molar-refractivity contribution < 1.29 is 14.9 Å². The lowest BCUT2D eigenvalue weighted by Crippen LogP contribution is -2.32. The molecule has 0 saturated carbocycles. The van der Waals surface area contributed by atoms with Gasteiger partial charge in [0, 0.05) is 23.4 Å². The highest BCUT2D eigenvalue weighted by atomic mass is 35.5. The fourth-order valence-corrected chi connectivity index (χ4v) is 2.02. The number of halogens is 1. The quantitative estimate of drug-likeness (QED) is 0.636. The maximum absolute atomic E-state index is 11.6. The maximum atomic E-state index is 11.6. The van der Waals surface area contributed by atoms with E-state index in [1.54, 1.807) is 0 Å². The lowest BCUT2D eigenvalue weighted by atomic mass is 10.1. The second-order valence-electron chi connectivity index (χ2n) is 3.78. The van der Waals surface area contributed by atoms with Crippen molar-refractivity contribution in [2.75, 3.05) is 6.61 Å². The van der Waals surface area contributed by atoms with Gasteiger partial charge < -0.3 is 14.9 Å². The first-order valence-corrected chi connectivity index (χ1v) is 5.58. The van der Waals surface area contributed by atoms with Crippen LogP contribution in [0.3, 0.4) is 0 Å². The molecule has 3 N–H and O–H groups in total. The molecule has 1 aliphatic rings. The molecular formula is C10H11ClN2O5. The van der Waals surface area contributed by atoms with Crippen LogP contribution in [0.15, 0.2) is 33.0 Å². The summed E-state index contributed by atoms with van der Waals surface area (Å²) in [5.41, 5.74) is 0.117. The largest absolute Gasteiger partial charge is 0.394 e. The minimum absolute atomic E-state index is 0.241. The lowest BCUT2D eigenvalue weighted by Gasteiger charge is -2.14. The van der Waals surface area contributed by atoms with Crippen molar-refractivity contribution in [3.63, 3.8) is 0 Å². The van der Waals surface area contributed by atoms with Crippen molar-refractivity contribution in [3.05, 3.63) is 44.2 Å². The molecule has 8 heteroatoms. The third-order valence-electron chi connectivity index (χ3n) is 2.69. The molecule has 1 aliphatic heterocycles. The van der Waals surface area contributed by atoms with Crippen LogP contribution >= 0.6 is 11.6 Å². The summed E-state index contributed by atoms with van der Waals surface area (Å²) < 4.78 is 6.40. The number of nitrogens with one attached hydrogen (secondary N) is 1. The Kier molecular flexibility index (Phi) is 3.67. The summed E-state index contributed by atoms with van der Waals surface area (Å²) in [6.07, 6.45) is -1.67. The fraction of sp³-hybridized carbons (Fsp3) is 0.400. The molecule has 0 aliphatic carbocycles. The van der Waals surface area contributed by atoms with E-state index in [1.165, 1.54) is 6.20 Å². The van der Waals surface area contributed by atoms with Crippen LogP contribution in [-0.4, -0.2) is 38.6 Å². The van der Waals surface area contributed by atoms with E-state index in [1.807, 2.05) is 0 Å². The van der Waals surface area contributed by atoms with Gasteiger partial charge in [0.15, 0.2) is 6.23 Å². The SMILES string of the molecule is O=c1ccn([C@@H]2O[C@H](CO)[C@@H](O)/C2=C\Cl)c(=O)[nH]1. The van der Waals surface area contributed by atoms with Gasteiger partial charge in [0.1, 0.15) is 12.2 Å². The van der Waals surface area contributed by atoms with Crippen molar-refractivity contribution in [1.82, 2.24) is 9.55 Å². The Labute approximate surface area is 106 Å². The van der Waals surface area contributed by atoms with E-state index in [0.717, 1.165) is 16.2 Å². The monoisotopic (exact) mass is 274 g/mol. The van der Waals surface area contributed by atoms with E-state index in [0.29, 0.717) is 0 Å². The Balaban J connectivity index is 2.45. The van der Waals surface area contributed by atoms with Crippen LogP contribution in [-0.2, 0) is 4.74 Å². The van der Waals surface area contributed by atoms with Crippen molar-refractivity contribution >= 4 is 11.6 Å². The summed E-state index contributed by atoms with van der Waals surface area (Å²) in [6.45, 7) is -0.413. The molecule has 3 atom stereocenters. The summed E-state index contributed by atoms with van der Waals surface area (Å²) in [5.74, 6) is 0. The number of H-pyrrole nitrogens is 1. The predicted octanol–water partition coefficient (Wildman–Crippen LogP) is -1.09. The highest BCUT2D eigenvalue weighted by Crippen LogP contribution is 2.33. The van der Waals surface area contributed by atoms with Gasteiger partial charge in [-0.25, -0.2) is 4.79 Å². The Morgan fingerprint density at radius 1 is 1.56 bits per heavy atom. The van der Waals surface area contributed by atoms with Crippen molar-refractivity contribution in [2.24, 2.45) is 0 Å². The number of ether oxygens (including phenoxy) is 1. The second-order valence-corrected chi connectivity index (χ2v) is 4.00. The summed E-state index contributed by atoms with van der Waals surface area (Å²) in [6, 6.07) is 1.15. The molecule has 0 bridgehead atoms. The number of nitrogens with zero attached hydrogens (tertiary/aromatic N) is 1. The minimum Gasteiger partial charge on any atom is -0.394 e. The first-order chi connectivity index (χ1) is 8.58. The van der Waals surface area contributed by atoms with Crippen LogP contribution in [0.1, 0.15) is 6.23 Å². The van der Waals surface area contributed by atoms with Crippen LogP contribution in [0.2, 0.25) is 0 Å². The zero-order valence-corrected chi connectivity index (χ0v) is 9.87. The number of aliphatic hydroxyl groups is 2. The standard InChI is InChI=1S/C10H11ClN2O5/c11-3-5-8(16)6(4-14)18-9(5)13-2-1-7(15)12-10(13)17/h1-3,6,8-9,14,16H,4H2,(H,12,15,17)/b5-3+/t6-,8+,9-/m1/s1. The van der Waals surface area contributed by atoms with Crippen LogP contribution in [0.5, 0.6) is 0 Å². The molecule has 2 rings (SSSR count). The number of aromatic amines is 1. The van der Waals surface area contributed by atoms with Gasteiger partial charge in [0.05, 0.1) is 6.61 Å². The van der Waals surface area contributed by atoms with Gasteiger partial charge in [-0.2, -0.15) is 0 Å². The molecule has 1 aromatic heterocycles. The molecule has 7 nitrogen and oxygen atoms in total. The molecule has 0 radical (unpaired) electrons. The van der Waals surface area contributed by atoms with Gasteiger partial charge in [-0.3, -0.25) is 14.3 Å². The van der Waals surface area contributed by atoms with Crippen LogP contribution in [0, 0.1) is 0 Å². The van der Waals surface area contributed by atoms with Gasteiger partial charge in [0.2, 0.25) is 0 Å². The lowest BCUT2D eigenvalue weighted by molar-refractivity contribution is -0.0447. The number of rotatable bonds is 2. The van der Waals surface area contributed by atoms with Crippen molar-refractivity contribution in [1.29, 1.82) is 0 Å². The second kappa shape index (κ2) is 5.07. The molecular weight excluding hydrogens is 264 g/mol.